The smallest absolute Gasteiger partial charge is 0.335 e. The summed E-state index contributed by atoms with van der Waals surface area (Å²) in [6.45, 7) is 0.300. The number of nitrogens with one attached hydrogen (secondary N) is 2. The molecule has 0 heterocycles. The fourth-order valence-electron chi connectivity index (χ4n) is 1.93. The lowest BCUT2D eigenvalue weighted by Crippen LogP contribution is -2.28. The summed E-state index contributed by atoms with van der Waals surface area (Å²) in [4.78, 5) is 22.7. The average Bonchev–Trinajstić information content (AvgIpc) is 2.53. The van der Waals surface area contributed by atoms with Gasteiger partial charge in [0.15, 0.2) is 0 Å². The average molecular weight is 300 g/mol. The maximum Gasteiger partial charge on any atom is 0.335 e. The number of carbonyl (C=O) groups excluding carboxylic acids is 1. The molecule has 0 atom stereocenters. The van der Waals surface area contributed by atoms with Crippen LogP contribution in [-0.2, 0) is 6.54 Å². The number of urea groups is 1. The van der Waals surface area contributed by atoms with Gasteiger partial charge in [0.05, 0.1) is 12.7 Å². The normalized spacial score (nSPS) is 9.86. The number of rotatable bonds is 5. The van der Waals surface area contributed by atoms with E-state index < -0.39 is 12.0 Å². The lowest BCUT2D eigenvalue weighted by molar-refractivity contribution is 0.0697. The fourth-order valence-corrected chi connectivity index (χ4v) is 1.93. The quantitative estimate of drug-likeness (QED) is 0.792. The van der Waals surface area contributed by atoms with Crippen LogP contribution in [0.25, 0.3) is 0 Å². The molecule has 114 valence electrons. The van der Waals surface area contributed by atoms with Gasteiger partial charge in [-0.1, -0.05) is 24.3 Å². The summed E-state index contributed by atoms with van der Waals surface area (Å²) >= 11 is 0. The molecule has 22 heavy (non-hydrogen) atoms. The van der Waals surface area contributed by atoms with Gasteiger partial charge < -0.3 is 20.5 Å². The third kappa shape index (κ3) is 3.99. The van der Waals surface area contributed by atoms with E-state index >= 15 is 0 Å². The standard InChI is InChI=1S/C16H16N2O4/c1-22-14-8-3-2-5-12(14)10-17-16(21)18-13-7-4-6-11(9-13)15(19)20/h2-9H,10H2,1H3,(H,19,20)(H2,17,18,21). The second-order valence-electron chi connectivity index (χ2n) is 4.51. The molecule has 2 rings (SSSR count). The van der Waals surface area contributed by atoms with Gasteiger partial charge in [-0.05, 0) is 24.3 Å². The maximum absolute atomic E-state index is 11.9. The first kappa shape index (κ1) is 15.4. The van der Waals surface area contributed by atoms with Gasteiger partial charge in [-0.3, -0.25) is 0 Å². The van der Waals surface area contributed by atoms with Gasteiger partial charge in [0.2, 0.25) is 0 Å². The highest BCUT2D eigenvalue weighted by atomic mass is 16.5. The van der Waals surface area contributed by atoms with Crippen LogP contribution >= 0.6 is 0 Å². The van der Waals surface area contributed by atoms with Crippen molar-refractivity contribution in [3.05, 3.63) is 59.7 Å². The van der Waals surface area contributed by atoms with Crippen LogP contribution in [0.1, 0.15) is 15.9 Å². The molecule has 3 N–H and O–H groups in total. The van der Waals surface area contributed by atoms with E-state index in [4.69, 9.17) is 9.84 Å². The minimum absolute atomic E-state index is 0.113. The number of methoxy groups -OCH3 is 1. The largest absolute Gasteiger partial charge is 0.496 e. The summed E-state index contributed by atoms with van der Waals surface area (Å²) < 4.78 is 5.20. The number of hydrogen-bond donors (Lipinski definition) is 3. The molecule has 2 amide bonds. The van der Waals surface area contributed by atoms with Crippen LogP contribution in [0.4, 0.5) is 10.5 Å². The number of aromatic carboxylic acids is 1. The maximum atomic E-state index is 11.9. The van der Waals surface area contributed by atoms with Crippen molar-refractivity contribution in [2.24, 2.45) is 0 Å². The summed E-state index contributed by atoms with van der Waals surface area (Å²) in [6, 6.07) is 13.0. The van der Waals surface area contributed by atoms with Gasteiger partial charge in [0.25, 0.3) is 0 Å². The van der Waals surface area contributed by atoms with E-state index in [1.54, 1.807) is 19.2 Å². The van der Waals surface area contributed by atoms with Crippen LogP contribution in [0.5, 0.6) is 5.75 Å². The molecule has 0 aliphatic rings. The van der Waals surface area contributed by atoms with E-state index in [2.05, 4.69) is 10.6 Å². The predicted molar refractivity (Wildman–Crippen MR) is 82.3 cm³/mol. The monoisotopic (exact) mass is 300 g/mol. The lowest BCUT2D eigenvalue weighted by Gasteiger charge is -2.10. The summed E-state index contributed by atoms with van der Waals surface area (Å²) in [7, 11) is 1.57. The molecule has 0 fully saturated rings. The second kappa shape index (κ2) is 7.12. The van der Waals surface area contributed by atoms with Crippen molar-refractivity contribution in [3.8, 4) is 5.75 Å². The number of amides is 2. The summed E-state index contributed by atoms with van der Waals surface area (Å²) in [5.74, 6) is -0.353. The van der Waals surface area contributed by atoms with Crippen LogP contribution in [0, 0.1) is 0 Å². The van der Waals surface area contributed by atoms with Gasteiger partial charge in [-0.25, -0.2) is 9.59 Å². The molecule has 0 aromatic heterocycles. The van der Waals surface area contributed by atoms with Gasteiger partial charge in [-0.15, -0.1) is 0 Å². The van der Waals surface area contributed by atoms with Crippen molar-refractivity contribution in [2.75, 3.05) is 12.4 Å². The van der Waals surface area contributed by atoms with E-state index in [1.165, 1.54) is 12.1 Å². The van der Waals surface area contributed by atoms with Gasteiger partial charge >= 0.3 is 12.0 Å². The number of carboxylic acids is 1. The number of ether oxygens (including phenoxy) is 1. The van der Waals surface area contributed by atoms with Crippen molar-refractivity contribution in [1.29, 1.82) is 0 Å². The number of hydrogen-bond acceptors (Lipinski definition) is 3. The minimum Gasteiger partial charge on any atom is -0.496 e. The summed E-state index contributed by atoms with van der Waals surface area (Å²) in [5, 5.41) is 14.2. The zero-order chi connectivity index (χ0) is 15.9. The third-order valence-electron chi connectivity index (χ3n) is 3.00. The molecule has 0 aliphatic carbocycles. The Morgan fingerprint density at radius 1 is 1.14 bits per heavy atom. The molecule has 2 aromatic carbocycles. The summed E-state index contributed by atoms with van der Waals surface area (Å²) in [6.07, 6.45) is 0. The number of para-hydroxylation sites is 1. The van der Waals surface area contributed by atoms with Crippen molar-refractivity contribution in [1.82, 2.24) is 5.32 Å². The lowest BCUT2D eigenvalue weighted by atomic mass is 10.2. The van der Waals surface area contributed by atoms with E-state index in [9.17, 15) is 9.59 Å². The fraction of sp³-hybridized carbons (Fsp3) is 0.125. The van der Waals surface area contributed by atoms with Crippen LogP contribution in [0.2, 0.25) is 0 Å². The van der Waals surface area contributed by atoms with Crippen LogP contribution in [0.3, 0.4) is 0 Å². The van der Waals surface area contributed by atoms with Crippen molar-refractivity contribution < 1.29 is 19.4 Å². The molecule has 2 aromatic rings. The van der Waals surface area contributed by atoms with Crippen LogP contribution < -0.4 is 15.4 Å². The molecule has 0 saturated carbocycles. The SMILES string of the molecule is COc1ccccc1CNC(=O)Nc1cccc(C(=O)O)c1. The molecule has 0 spiro atoms. The zero-order valence-corrected chi connectivity index (χ0v) is 12.0. The molecule has 0 aliphatic heterocycles. The molecule has 6 nitrogen and oxygen atoms in total. The zero-order valence-electron chi connectivity index (χ0n) is 12.0. The Labute approximate surface area is 127 Å². The van der Waals surface area contributed by atoms with Crippen LogP contribution in [-0.4, -0.2) is 24.2 Å². The Morgan fingerprint density at radius 3 is 2.64 bits per heavy atom. The van der Waals surface area contributed by atoms with Crippen molar-refractivity contribution in [3.63, 3.8) is 0 Å². The highest BCUT2D eigenvalue weighted by Gasteiger charge is 2.07. The molecule has 0 bridgehead atoms. The Kier molecular flexibility index (Phi) is 4.98. The molecular weight excluding hydrogens is 284 g/mol. The molecule has 6 heteroatoms. The molecular formula is C16H16N2O4. The van der Waals surface area contributed by atoms with E-state index in [0.29, 0.717) is 18.0 Å². The highest BCUT2D eigenvalue weighted by molar-refractivity contribution is 5.93. The van der Waals surface area contributed by atoms with Crippen molar-refractivity contribution >= 4 is 17.7 Å². The van der Waals surface area contributed by atoms with E-state index in [0.717, 1.165) is 5.56 Å². The summed E-state index contributed by atoms with van der Waals surface area (Å²) in [5.41, 5.74) is 1.37. The predicted octanol–water partition coefficient (Wildman–Crippen LogP) is 2.72. The van der Waals surface area contributed by atoms with Gasteiger partial charge in [0.1, 0.15) is 5.75 Å². The first-order valence-corrected chi connectivity index (χ1v) is 6.60. The minimum atomic E-state index is -1.04. The molecule has 0 unspecified atom stereocenters. The van der Waals surface area contributed by atoms with Crippen LogP contribution in [0.15, 0.2) is 48.5 Å². The third-order valence-corrected chi connectivity index (χ3v) is 3.00. The number of carbonyl (C=O) groups is 2. The number of anilines is 1. The first-order valence-electron chi connectivity index (χ1n) is 6.60. The highest BCUT2D eigenvalue weighted by Crippen LogP contribution is 2.17. The Balaban J connectivity index is 1.96. The van der Waals surface area contributed by atoms with Crippen molar-refractivity contribution in [2.45, 2.75) is 6.54 Å². The molecule has 0 saturated heterocycles. The van der Waals surface area contributed by atoms with E-state index in [-0.39, 0.29) is 5.56 Å². The number of carboxylic acid groups (broad SMARTS) is 1. The Hall–Kier alpha value is -3.02. The molecule has 0 radical (unpaired) electrons. The number of benzene rings is 2. The topological polar surface area (TPSA) is 87.7 Å². The Morgan fingerprint density at radius 2 is 1.91 bits per heavy atom. The van der Waals surface area contributed by atoms with Gasteiger partial charge in [-0.2, -0.15) is 0 Å². The van der Waals surface area contributed by atoms with E-state index in [1.807, 2.05) is 24.3 Å². The first-order chi connectivity index (χ1) is 10.6. The van der Waals surface area contributed by atoms with Gasteiger partial charge in [0, 0.05) is 17.8 Å². The second-order valence-corrected chi connectivity index (χ2v) is 4.51. The Bertz CT molecular complexity index is 685.